The highest BCUT2D eigenvalue weighted by Crippen LogP contribution is 2.24. The number of fused-ring (bicyclic) bond motifs is 1. The number of alkyl halides is 2. The lowest BCUT2D eigenvalue weighted by Crippen LogP contribution is -1.96. The van der Waals surface area contributed by atoms with E-state index in [9.17, 15) is 8.78 Å². The first kappa shape index (κ1) is 13.5. The summed E-state index contributed by atoms with van der Waals surface area (Å²) < 4.78 is 27.8. The minimum absolute atomic E-state index is 0.606. The third-order valence-electron chi connectivity index (χ3n) is 3.48. The lowest BCUT2D eigenvalue weighted by molar-refractivity contribution is 0.0566. The molecule has 0 N–H and O–H groups in total. The maximum Gasteiger partial charge on any atom is 0.333 e. The Morgan fingerprint density at radius 2 is 1.87 bits per heavy atom. The van der Waals surface area contributed by atoms with Crippen molar-refractivity contribution in [1.82, 2.24) is 29.1 Å². The second-order valence-corrected chi connectivity index (χ2v) is 4.87. The third kappa shape index (κ3) is 2.33. The van der Waals surface area contributed by atoms with Gasteiger partial charge in [-0.05, 0) is 18.2 Å². The van der Waals surface area contributed by atoms with Crippen molar-refractivity contribution in [2.45, 2.75) is 6.55 Å². The van der Waals surface area contributed by atoms with Gasteiger partial charge in [0.15, 0.2) is 0 Å². The van der Waals surface area contributed by atoms with Crippen LogP contribution in [-0.2, 0) is 0 Å². The molecular weight excluding hydrogens is 302 g/mol. The highest BCUT2D eigenvalue weighted by Gasteiger charge is 2.11. The van der Waals surface area contributed by atoms with Crippen LogP contribution in [0.3, 0.4) is 0 Å². The monoisotopic (exact) mass is 312 g/mol. The van der Waals surface area contributed by atoms with Gasteiger partial charge in [-0.2, -0.15) is 13.9 Å². The summed E-state index contributed by atoms with van der Waals surface area (Å²) in [5.74, 6) is 0. The molecule has 0 aliphatic heterocycles. The van der Waals surface area contributed by atoms with Gasteiger partial charge in [0.25, 0.3) is 0 Å². The maximum atomic E-state index is 12.7. The van der Waals surface area contributed by atoms with E-state index in [-0.39, 0.29) is 0 Å². The summed E-state index contributed by atoms with van der Waals surface area (Å²) in [4.78, 5) is 12.4. The fourth-order valence-electron chi connectivity index (χ4n) is 2.38. The Kier molecular flexibility index (Phi) is 3.07. The van der Waals surface area contributed by atoms with Crippen molar-refractivity contribution in [1.29, 1.82) is 0 Å². The van der Waals surface area contributed by atoms with Gasteiger partial charge in [-0.1, -0.05) is 0 Å². The highest BCUT2D eigenvalue weighted by molar-refractivity contribution is 5.67. The molecule has 114 valence electrons. The minimum atomic E-state index is -2.66. The van der Waals surface area contributed by atoms with Crippen LogP contribution in [0.4, 0.5) is 8.78 Å². The highest BCUT2D eigenvalue weighted by atomic mass is 19.3. The van der Waals surface area contributed by atoms with Crippen molar-refractivity contribution in [2.75, 3.05) is 0 Å². The number of halogens is 2. The van der Waals surface area contributed by atoms with Crippen molar-refractivity contribution < 1.29 is 8.78 Å². The lowest BCUT2D eigenvalue weighted by Gasteiger charge is -2.03. The molecule has 0 saturated carbocycles. The molecular formula is C15H10F2N6. The molecule has 0 amide bonds. The number of imidazole rings is 1. The van der Waals surface area contributed by atoms with Crippen LogP contribution in [0.25, 0.3) is 28.2 Å². The number of hydrogen-bond donors (Lipinski definition) is 0. The Bertz CT molecular complexity index is 960. The first-order valence-corrected chi connectivity index (χ1v) is 6.78. The van der Waals surface area contributed by atoms with E-state index in [4.69, 9.17) is 0 Å². The Hall–Kier alpha value is -3.16. The van der Waals surface area contributed by atoms with E-state index in [1.165, 1.54) is 18.7 Å². The molecule has 4 aromatic rings. The zero-order valence-electron chi connectivity index (χ0n) is 11.7. The molecule has 0 unspecified atom stereocenters. The van der Waals surface area contributed by atoms with E-state index >= 15 is 0 Å². The molecule has 4 aromatic heterocycles. The van der Waals surface area contributed by atoms with E-state index in [2.05, 4.69) is 20.1 Å². The van der Waals surface area contributed by atoms with Gasteiger partial charge in [-0.25, -0.2) is 19.6 Å². The average molecular weight is 312 g/mol. The maximum absolute atomic E-state index is 12.7. The van der Waals surface area contributed by atoms with Gasteiger partial charge in [0.05, 0.1) is 23.8 Å². The summed E-state index contributed by atoms with van der Waals surface area (Å²) in [6, 6.07) is 5.42. The Morgan fingerprint density at radius 1 is 0.957 bits per heavy atom. The second-order valence-electron chi connectivity index (χ2n) is 4.87. The van der Waals surface area contributed by atoms with Gasteiger partial charge < -0.3 is 0 Å². The summed E-state index contributed by atoms with van der Waals surface area (Å²) in [5.41, 5.74) is 3.63. The number of aromatic nitrogens is 6. The predicted octanol–water partition coefficient (Wildman–Crippen LogP) is 3.05. The van der Waals surface area contributed by atoms with Crippen molar-refractivity contribution in [3.63, 3.8) is 0 Å². The van der Waals surface area contributed by atoms with Crippen LogP contribution in [0, 0.1) is 0 Å². The summed E-state index contributed by atoms with van der Waals surface area (Å²) in [7, 11) is 0. The zero-order chi connectivity index (χ0) is 15.8. The van der Waals surface area contributed by atoms with E-state index in [0.717, 1.165) is 22.6 Å². The van der Waals surface area contributed by atoms with Crippen molar-refractivity contribution in [3.05, 3.63) is 55.5 Å². The summed E-state index contributed by atoms with van der Waals surface area (Å²) >= 11 is 0. The lowest BCUT2D eigenvalue weighted by atomic mass is 10.1. The molecule has 6 nitrogen and oxygen atoms in total. The van der Waals surface area contributed by atoms with Crippen molar-refractivity contribution in [2.24, 2.45) is 0 Å². The standard InChI is InChI=1S/C15H10F2N6/c16-15(17)23-8-11(5-21-23)10-1-2-14-19-6-13(22(14)7-10)12-3-4-18-9-20-12/h1-9,15H. The van der Waals surface area contributed by atoms with Crippen LogP contribution < -0.4 is 0 Å². The summed E-state index contributed by atoms with van der Waals surface area (Å²) in [6.07, 6.45) is 9.38. The zero-order valence-corrected chi connectivity index (χ0v) is 11.7. The fourth-order valence-corrected chi connectivity index (χ4v) is 2.38. The quantitative estimate of drug-likeness (QED) is 0.583. The Balaban J connectivity index is 1.83. The third-order valence-corrected chi connectivity index (χ3v) is 3.48. The summed E-state index contributed by atoms with van der Waals surface area (Å²) in [5, 5.41) is 3.66. The van der Waals surface area contributed by atoms with Crippen molar-refractivity contribution in [3.8, 4) is 22.5 Å². The van der Waals surface area contributed by atoms with E-state index in [1.54, 1.807) is 18.5 Å². The Labute approximate surface area is 129 Å². The number of rotatable bonds is 3. The molecule has 0 atom stereocenters. The molecule has 0 radical (unpaired) electrons. The molecule has 8 heteroatoms. The fraction of sp³-hybridized carbons (Fsp3) is 0.0667. The van der Waals surface area contributed by atoms with E-state index in [1.807, 2.05) is 22.7 Å². The molecule has 0 spiro atoms. The number of pyridine rings is 1. The second kappa shape index (κ2) is 5.24. The van der Waals surface area contributed by atoms with E-state index in [0.29, 0.717) is 10.2 Å². The number of hydrogen-bond acceptors (Lipinski definition) is 4. The SMILES string of the molecule is FC(F)n1cc(-c2ccc3ncc(-c4ccncn4)n3c2)cn1. The smallest absolute Gasteiger partial charge is 0.298 e. The first-order chi connectivity index (χ1) is 11.2. The van der Waals surface area contributed by atoms with Gasteiger partial charge in [0.2, 0.25) is 0 Å². The largest absolute Gasteiger partial charge is 0.333 e. The van der Waals surface area contributed by atoms with Gasteiger partial charge in [-0.3, -0.25) is 4.40 Å². The molecule has 0 saturated heterocycles. The van der Waals surface area contributed by atoms with Gasteiger partial charge >= 0.3 is 6.55 Å². The van der Waals surface area contributed by atoms with Crippen LogP contribution in [0.15, 0.2) is 55.5 Å². The predicted molar refractivity (Wildman–Crippen MR) is 78.7 cm³/mol. The molecule has 23 heavy (non-hydrogen) atoms. The molecule has 4 rings (SSSR count). The van der Waals surface area contributed by atoms with Crippen molar-refractivity contribution >= 4 is 5.65 Å². The van der Waals surface area contributed by atoms with Crippen LogP contribution in [0.1, 0.15) is 6.55 Å². The topological polar surface area (TPSA) is 60.9 Å². The van der Waals surface area contributed by atoms with Crippen LogP contribution in [0.2, 0.25) is 0 Å². The minimum Gasteiger partial charge on any atom is -0.298 e. The Morgan fingerprint density at radius 3 is 2.61 bits per heavy atom. The molecule has 0 aromatic carbocycles. The van der Waals surface area contributed by atoms with Gasteiger partial charge in [-0.15, -0.1) is 0 Å². The molecule has 0 bridgehead atoms. The average Bonchev–Trinajstić information content (AvgIpc) is 3.22. The first-order valence-electron chi connectivity index (χ1n) is 6.78. The van der Waals surface area contributed by atoms with Crippen LogP contribution in [0.5, 0.6) is 0 Å². The van der Waals surface area contributed by atoms with Crippen LogP contribution in [-0.4, -0.2) is 29.1 Å². The molecule has 0 aliphatic rings. The van der Waals surface area contributed by atoms with Gasteiger partial charge in [0.1, 0.15) is 12.0 Å². The van der Waals surface area contributed by atoms with Crippen LogP contribution >= 0.6 is 0 Å². The van der Waals surface area contributed by atoms with E-state index < -0.39 is 6.55 Å². The summed E-state index contributed by atoms with van der Waals surface area (Å²) in [6.45, 7) is -2.66. The molecule has 0 fully saturated rings. The molecule has 4 heterocycles. The normalized spacial score (nSPS) is 11.4. The number of nitrogens with zero attached hydrogens (tertiary/aromatic N) is 6. The molecule has 0 aliphatic carbocycles. The van der Waals surface area contributed by atoms with Gasteiger partial charge in [0, 0.05) is 29.7 Å².